The van der Waals surface area contributed by atoms with Crippen LogP contribution in [0.3, 0.4) is 0 Å². The van der Waals surface area contributed by atoms with Gasteiger partial charge in [-0.2, -0.15) is 0 Å². The molecule has 14 amide bonds. The number of carbonyl (C=O) groups excluding carboxylic acids is 14. The van der Waals surface area contributed by atoms with Crippen molar-refractivity contribution in [3.05, 3.63) is 65.7 Å². The zero-order chi connectivity index (χ0) is 87.9. The molecule has 0 radical (unpaired) electrons. The Balaban J connectivity index is 1.96. The lowest BCUT2D eigenvalue weighted by Gasteiger charge is -2.37. The number of nitrogens with one attached hydrogen (secondary N) is 13. The molecule has 0 saturated carbocycles. The van der Waals surface area contributed by atoms with Gasteiger partial charge >= 0.3 is 11.9 Å². The summed E-state index contributed by atoms with van der Waals surface area (Å²) in [5.74, 6) is -22.2. The molecule has 0 bridgehead atoms. The van der Waals surface area contributed by atoms with Gasteiger partial charge in [0.25, 0.3) is 0 Å². The van der Waals surface area contributed by atoms with E-state index in [9.17, 15) is 82.8 Å². The Morgan fingerprint density at radius 2 is 1.08 bits per heavy atom. The van der Waals surface area contributed by atoms with Gasteiger partial charge in [-0.05, 0) is 80.9 Å². The molecule has 2 aliphatic heterocycles. The lowest BCUT2D eigenvalue weighted by Crippen LogP contribution is -2.62. The van der Waals surface area contributed by atoms with Gasteiger partial charge in [0.05, 0.1) is 38.6 Å². The highest BCUT2D eigenvalue weighted by atomic mass is 33.1. The summed E-state index contributed by atoms with van der Waals surface area (Å²) in [7, 11) is 1.58. The number of aliphatic carboxylic acids is 2. The number of hydrogen-bond acceptors (Lipinski definition) is 24. The molecular weight excluding hydrogens is 1590 g/mol. The van der Waals surface area contributed by atoms with Crippen molar-refractivity contribution >= 4 is 140 Å². The van der Waals surface area contributed by atoms with Gasteiger partial charge in [-0.25, -0.2) is 4.79 Å². The number of hydrogen-bond donors (Lipinski definition) is 24. The van der Waals surface area contributed by atoms with Crippen LogP contribution in [0.1, 0.15) is 104 Å². The van der Waals surface area contributed by atoms with Crippen LogP contribution in [0.5, 0.6) is 0 Å². The van der Waals surface area contributed by atoms with Gasteiger partial charge in [0.2, 0.25) is 82.7 Å². The fourth-order valence-corrected chi connectivity index (χ4v) is 14.1. The van der Waals surface area contributed by atoms with E-state index in [0.717, 1.165) is 21.6 Å². The van der Waals surface area contributed by atoms with Gasteiger partial charge in [-0.15, -0.1) is 0 Å². The van der Waals surface area contributed by atoms with Crippen molar-refractivity contribution in [2.24, 2.45) is 72.9 Å². The smallest absolute Gasteiger partial charge is 0.326 e. The Morgan fingerprint density at radius 3 is 1.64 bits per heavy atom. The standard InChI is InChI=1S/C72H112N24O20S2/c1-6-36(3)55-66(112)90-47(28-54(101)102)63(109)87-44(20-14-24-81-71(76)77)62(108)95-56(37(4)7-2)67(113)93-50(68(114)96-31-41(27-40-18-11-12-22-51(40)96)58(104)88-45(69(115)116)21-15-25-82-72(78)79)35-118-117-34-49(92-64(110)48(33-98)91-59(105)42(73)32-97)65(111)85-38(5)57(103)89-46(26-39-16-9-8-10-17-39)60(106)84-29-52(99)83-30-53(100)86-43(61(107)94-55)19-13-23-80-70(74)75/h8-12,16-18,22,36-38,41-50,55-56,97-98H,6-7,13-15,19-21,23-35,73H2,1-5H3,(H,83,99)(H,84,106)(H,85,111)(H,86,100)(H,87,109)(H,88,104)(H,89,103)(H,90,112)(H,91,105)(H,92,110)(H,93,113)(H,94,107)(H,95,108)(H,101,102)(H,115,116)(H4,74,75,80)(H4,76,77,81)(H4,78,79,82)/t36-,37-,38-,41-,42-,43+,44-,45+,46+,47+,48-,49-,50-,55-,56-/m0/s1. The zero-order valence-corrected chi connectivity index (χ0v) is 67.8. The van der Waals surface area contributed by atoms with E-state index in [0.29, 0.717) is 11.1 Å². The van der Waals surface area contributed by atoms with Crippen molar-refractivity contribution in [3.8, 4) is 0 Å². The maximum atomic E-state index is 15.7. The zero-order valence-electron chi connectivity index (χ0n) is 66.2. The van der Waals surface area contributed by atoms with E-state index in [1.54, 1.807) is 75.4 Å². The van der Waals surface area contributed by atoms with Crippen LogP contribution >= 0.6 is 21.6 Å². The van der Waals surface area contributed by atoms with E-state index < -0.39 is 236 Å². The second-order valence-electron chi connectivity index (χ2n) is 28.0. The second kappa shape index (κ2) is 50.7. The van der Waals surface area contributed by atoms with Gasteiger partial charge < -0.3 is 135 Å². The number of aliphatic imine (C=N–C) groups is 3. The summed E-state index contributed by atoms with van der Waals surface area (Å²) in [6.07, 6.45) is -1.65. The average molecular weight is 1700 g/mol. The molecule has 1 fully saturated rings. The quantitative estimate of drug-likeness (QED) is 0.0149. The number of fused-ring (bicyclic) bond motifs is 1. The van der Waals surface area contributed by atoms with E-state index in [4.69, 9.17) is 40.1 Å². The molecule has 44 nitrogen and oxygen atoms in total. The minimum atomic E-state index is -2.01. The van der Waals surface area contributed by atoms with Crippen LogP contribution < -0.4 is 114 Å². The Morgan fingerprint density at radius 1 is 0.559 bits per heavy atom. The van der Waals surface area contributed by atoms with Crippen molar-refractivity contribution in [3.63, 3.8) is 0 Å². The number of guanidine groups is 3. The number of benzene rings is 2. The second-order valence-corrected chi connectivity index (χ2v) is 30.6. The average Bonchev–Trinajstić information content (AvgIpc) is 0.807. The molecule has 46 heteroatoms. The number of carboxylic acid groups (broad SMARTS) is 2. The van der Waals surface area contributed by atoms with Crippen LogP contribution in [0, 0.1) is 17.8 Å². The maximum absolute atomic E-state index is 15.7. The predicted molar refractivity (Wildman–Crippen MR) is 435 cm³/mol. The number of aliphatic hydroxyl groups is 2. The third-order valence-corrected chi connectivity index (χ3v) is 21.2. The first-order valence-electron chi connectivity index (χ1n) is 38.0. The van der Waals surface area contributed by atoms with E-state index in [-0.39, 0.29) is 107 Å². The molecule has 4 rings (SSSR count). The van der Waals surface area contributed by atoms with Crippen LogP contribution in [0.25, 0.3) is 0 Å². The van der Waals surface area contributed by atoms with Gasteiger partial charge in [-0.1, -0.05) is 111 Å². The van der Waals surface area contributed by atoms with E-state index in [2.05, 4.69) is 84.1 Å². The molecular formula is C72H112N24O20S2. The molecule has 652 valence electrons. The third kappa shape index (κ3) is 33.9. The largest absolute Gasteiger partial charge is 0.481 e. The van der Waals surface area contributed by atoms with Crippen LogP contribution in [0.4, 0.5) is 5.69 Å². The molecule has 2 aromatic carbocycles. The van der Waals surface area contributed by atoms with E-state index >= 15 is 14.4 Å². The number of rotatable bonds is 30. The van der Waals surface area contributed by atoms with Crippen LogP contribution in [0.15, 0.2) is 69.6 Å². The first-order valence-corrected chi connectivity index (χ1v) is 40.5. The molecule has 0 aliphatic carbocycles. The molecule has 0 aromatic heterocycles. The summed E-state index contributed by atoms with van der Waals surface area (Å²) in [4.78, 5) is 239. The van der Waals surface area contributed by atoms with Gasteiger partial charge in [0.1, 0.15) is 72.5 Å². The summed E-state index contributed by atoms with van der Waals surface area (Å²) in [6.45, 7) is 3.36. The Kier molecular flexibility index (Phi) is 42.5. The number of anilines is 1. The van der Waals surface area contributed by atoms with Gasteiger partial charge in [0, 0.05) is 49.8 Å². The third-order valence-electron chi connectivity index (χ3n) is 18.8. The van der Waals surface area contributed by atoms with E-state index in [1.165, 1.54) is 18.7 Å². The summed E-state index contributed by atoms with van der Waals surface area (Å²) >= 11 is 0. The monoisotopic (exact) mass is 1700 g/mol. The molecule has 118 heavy (non-hydrogen) atoms. The molecule has 2 aromatic rings. The lowest BCUT2D eigenvalue weighted by molar-refractivity contribution is -0.142. The lowest BCUT2D eigenvalue weighted by atomic mass is 9.90. The summed E-state index contributed by atoms with van der Waals surface area (Å²) in [6, 6.07) is -5.31. The molecule has 0 spiro atoms. The number of carbonyl (C=O) groups is 16. The summed E-state index contributed by atoms with van der Waals surface area (Å²) in [5, 5.41) is 72.5. The Labute approximate surface area is 688 Å². The highest BCUT2D eigenvalue weighted by Gasteiger charge is 2.41. The Hall–Kier alpha value is -11.7. The molecule has 0 unspecified atom stereocenters. The number of para-hydroxylation sites is 1. The normalized spacial score (nSPS) is 22.8. The topological polar surface area (TPSA) is 733 Å². The SMILES string of the molecule is CC[C@H](C)[C@@H]1NC(=O)[C@H](CCCN=C(N)N)NC(=O)[C@@H](CC(=O)O)NC(=O)[C@H]([C@@H](C)CC)NC(=O)[C@@H](CCCN=C(N)N)NC(=O)CNC(=O)CNC(=O)[C@@H](Cc2ccccc2)NC(=O)[C@H](C)NC(=O)[C@@H](NC(=O)[C@H](CO)NC(=O)[C@@H](N)CO)CSSC[C@@H](C(=O)N2C[C@@H](C(=O)N[C@H](CCCN=C(N)N)C(=O)O)Cc3ccccc32)NC1=O. The van der Waals surface area contributed by atoms with Gasteiger partial charge in [0.15, 0.2) is 17.9 Å². The van der Waals surface area contributed by atoms with Crippen molar-refractivity contribution in [1.82, 2.24) is 69.1 Å². The Bertz CT molecular complexity index is 3910. The van der Waals surface area contributed by atoms with E-state index in [1.807, 2.05) is 0 Å². The minimum Gasteiger partial charge on any atom is -0.481 e. The summed E-state index contributed by atoms with van der Waals surface area (Å²) in [5.41, 5.74) is 40.0. The first kappa shape index (κ1) is 98.7. The maximum Gasteiger partial charge on any atom is 0.326 e. The van der Waals surface area contributed by atoms with Crippen molar-refractivity contribution in [1.29, 1.82) is 0 Å². The summed E-state index contributed by atoms with van der Waals surface area (Å²) < 4.78 is 0. The van der Waals surface area contributed by atoms with Crippen molar-refractivity contribution < 1.29 is 97.1 Å². The van der Waals surface area contributed by atoms with Crippen molar-refractivity contribution in [2.75, 3.05) is 68.9 Å². The van der Waals surface area contributed by atoms with Gasteiger partial charge in [-0.3, -0.25) is 86.9 Å². The molecule has 1 saturated heterocycles. The van der Waals surface area contributed by atoms with Crippen LogP contribution in [-0.2, 0) is 89.6 Å². The first-order chi connectivity index (χ1) is 55.9. The number of nitrogens with zero attached hydrogens (tertiary/aromatic N) is 4. The fraction of sp³-hybridized carbons (Fsp3) is 0.569. The number of amides is 14. The van der Waals surface area contributed by atoms with Crippen LogP contribution in [-0.4, -0.2) is 269 Å². The highest BCUT2D eigenvalue weighted by molar-refractivity contribution is 8.76. The fourth-order valence-electron chi connectivity index (χ4n) is 11.8. The minimum absolute atomic E-state index is 0.0250. The molecule has 31 N–H and O–H groups in total. The number of nitrogens with two attached hydrogens (primary N) is 7. The van der Waals surface area contributed by atoms with Crippen molar-refractivity contribution in [2.45, 2.75) is 178 Å². The number of aliphatic hydroxyl groups excluding tert-OH is 2. The van der Waals surface area contributed by atoms with Crippen LogP contribution in [0.2, 0.25) is 0 Å². The predicted octanol–water partition coefficient (Wildman–Crippen LogP) is -8.46. The molecule has 2 heterocycles. The number of carboxylic acids is 2. The highest BCUT2D eigenvalue weighted by Crippen LogP contribution is 2.32. The molecule has 15 atom stereocenters. The molecule has 2 aliphatic rings.